The standard InChI is InChI=1S/C15H23NO3/c1-5-13(8-17)16-14(18)9-19-15-11(3)6-10(2)7-12(15)4/h6-7,13,17H,5,8-9H2,1-4H3,(H,16,18)/t13-/m1/s1. The number of aliphatic hydroxyl groups excluding tert-OH is 1. The first kappa shape index (κ1) is 15.5. The quantitative estimate of drug-likeness (QED) is 0.825. The van der Waals surface area contributed by atoms with Crippen LogP contribution in [0.1, 0.15) is 30.0 Å². The molecule has 0 aliphatic rings. The van der Waals surface area contributed by atoms with Crippen molar-refractivity contribution in [1.29, 1.82) is 0 Å². The van der Waals surface area contributed by atoms with Gasteiger partial charge in [0.2, 0.25) is 0 Å². The van der Waals surface area contributed by atoms with E-state index in [1.807, 2.05) is 39.8 Å². The second-order valence-corrected chi connectivity index (χ2v) is 4.87. The van der Waals surface area contributed by atoms with Gasteiger partial charge in [-0.3, -0.25) is 4.79 Å². The summed E-state index contributed by atoms with van der Waals surface area (Å²) in [6, 6.07) is 3.86. The van der Waals surface area contributed by atoms with Gasteiger partial charge in [-0.25, -0.2) is 0 Å². The van der Waals surface area contributed by atoms with E-state index in [1.54, 1.807) is 0 Å². The summed E-state index contributed by atoms with van der Waals surface area (Å²) in [4.78, 5) is 11.7. The lowest BCUT2D eigenvalue weighted by Gasteiger charge is -2.16. The third-order valence-corrected chi connectivity index (χ3v) is 3.03. The van der Waals surface area contributed by atoms with Crippen LogP contribution in [0.25, 0.3) is 0 Å². The molecule has 0 aromatic heterocycles. The van der Waals surface area contributed by atoms with Gasteiger partial charge in [0.25, 0.3) is 5.91 Å². The van der Waals surface area contributed by atoms with Gasteiger partial charge in [-0.1, -0.05) is 24.6 Å². The molecule has 1 aromatic rings. The van der Waals surface area contributed by atoms with Crippen molar-refractivity contribution in [3.63, 3.8) is 0 Å². The first-order chi connectivity index (χ1) is 8.97. The normalized spacial score (nSPS) is 12.1. The monoisotopic (exact) mass is 265 g/mol. The minimum atomic E-state index is -0.208. The fraction of sp³-hybridized carbons (Fsp3) is 0.533. The van der Waals surface area contributed by atoms with Crippen LogP contribution in [0.15, 0.2) is 12.1 Å². The van der Waals surface area contributed by atoms with Gasteiger partial charge in [0.05, 0.1) is 12.6 Å². The van der Waals surface area contributed by atoms with Crippen LogP contribution in [0.5, 0.6) is 5.75 Å². The largest absolute Gasteiger partial charge is 0.483 e. The summed E-state index contributed by atoms with van der Waals surface area (Å²) in [5.41, 5.74) is 3.23. The molecule has 1 atom stereocenters. The van der Waals surface area contributed by atoms with E-state index in [0.717, 1.165) is 16.9 Å². The van der Waals surface area contributed by atoms with Gasteiger partial charge in [0.1, 0.15) is 5.75 Å². The first-order valence-corrected chi connectivity index (χ1v) is 6.58. The summed E-state index contributed by atoms with van der Waals surface area (Å²) in [5, 5.41) is 11.7. The van der Waals surface area contributed by atoms with E-state index < -0.39 is 0 Å². The Bertz CT molecular complexity index is 416. The molecule has 1 amide bonds. The highest BCUT2D eigenvalue weighted by atomic mass is 16.5. The highest BCUT2D eigenvalue weighted by Gasteiger charge is 2.11. The Morgan fingerprint density at radius 1 is 1.32 bits per heavy atom. The molecule has 0 unspecified atom stereocenters. The highest BCUT2D eigenvalue weighted by molar-refractivity contribution is 5.78. The third-order valence-electron chi connectivity index (χ3n) is 3.03. The van der Waals surface area contributed by atoms with Crippen LogP contribution < -0.4 is 10.1 Å². The van der Waals surface area contributed by atoms with Gasteiger partial charge in [0, 0.05) is 0 Å². The van der Waals surface area contributed by atoms with Crippen molar-refractivity contribution in [2.75, 3.05) is 13.2 Å². The number of rotatable bonds is 6. The van der Waals surface area contributed by atoms with Crippen LogP contribution in [0.4, 0.5) is 0 Å². The van der Waals surface area contributed by atoms with Crippen LogP contribution in [0.2, 0.25) is 0 Å². The molecule has 2 N–H and O–H groups in total. The van der Waals surface area contributed by atoms with Crippen molar-refractivity contribution in [2.24, 2.45) is 0 Å². The molecule has 0 bridgehead atoms. The topological polar surface area (TPSA) is 58.6 Å². The van der Waals surface area contributed by atoms with Gasteiger partial charge in [-0.05, 0) is 38.3 Å². The first-order valence-electron chi connectivity index (χ1n) is 6.58. The van der Waals surface area contributed by atoms with Gasteiger partial charge < -0.3 is 15.2 Å². The molecule has 106 valence electrons. The molecule has 4 heteroatoms. The SMILES string of the molecule is CC[C@H](CO)NC(=O)COc1c(C)cc(C)cc1C. The Hall–Kier alpha value is -1.55. The molecule has 0 saturated heterocycles. The van der Waals surface area contributed by atoms with Crippen LogP contribution in [-0.2, 0) is 4.79 Å². The summed E-state index contributed by atoms with van der Waals surface area (Å²) in [5.74, 6) is 0.554. The number of aliphatic hydroxyl groups is 1. The predicted molar refractivity (Wildman–Crippen MR) is 75.5 cm³/mol. The van der Waals surface area contributed by atoms with Gasteiger partial charge in [-0.15, -0.1) is 0 Å². The average molecular weight is 265 g/mol. The molecule has 0 spiro atoms. The minimum absolute atomic E-state index is 0.0265. The van der Waals surface area contributed by atoms with E-state index >= 15 is 0 Å². The van der Waals surface area contributed by atoms with E-state index in [9.17, 15) is 4.79 Å². The number of amides is 1. The maximum absolute atomic E-state index is 11.7. The van der Waals surface area contributed by atoms with Crippen molar-refractivity contribution in [3.05, 3.63) is 28.8 Å². The van der Waals surface area contributed by atoms with Crippen LogP contribution in [-0.4, -0.2) is 30.3 Å². The third kappa shape index (κ3) is 4.56. The summed E-state index contributed by atoms with van der Waals surface area (Å²) in [7, 11) is 0. The molecule has 0 heterocycles. The molecule has 19 heavy (non-hydrogen) atoms. The van der Waals surface area contributed by atoms with Gasteiger partial charge in [0.15, 0.2) is 6.61 Å². The van der Waals surface area contributed by atoms with Crippen molar-refractivity contribution in [3.8, 4) is 5.75 Å². The number of hydrogen-bond donors (Lipinski definition) is 2. The smallest absolute Gasteiger partial charge is 0.258 e. The molecule has 0 saturated carbocycles. The lowest BCUT2D eigenvalue weighted by atomic mass is 10.1. The zero-order chi connectivity index (χ0) is 14.4. The number of nitrogens with one attached hydrogen (secondary N) is 1. The Kier molecular flexibility index (Phi) is 5.83. The number of carbonyl (C=O) groups is 1. The van der Waals surface area contributed by atoms with E-state index in [1.165, 1.54) is 5.56 Å². The molecule has 1 aromatic carbocycles. The Morgan fingerprint density at radius 3 is 2.37 bits per heavy atom. The van der Waals surface area contributed by atoms with Crippen molar-refractivity contribution < 1.29 is 14.6 Å². The highest BCUT2D eigenvalue weighted by Crippen LogP contribution is 2.24. The average Bonchev–Trinajstić information content (AvgIpc) is 2.34. The zero-order valence-electron chi connectivity index (χ0n) is 12.1. The molecular weight excluding hydrogens is 242 g/mol. The molecular formula is C15H23NO3. The Labute approximate surface area is 114 Å². The van der Waals surface area contributed by atoms with E-state index in [0.29, 0.717) is 6.42 Å². The van der Waals surface area contributed by atoms with E-state index in [4.69, 9.17) is 9.84 Å². The number of carbonyl (C=O) groups excluding carboxylic acids is 1. The summed E-state index contributed by atoms with van der Waals surface area (Å²) < 4.78 is 5.58. The summed E-state index contributed by atoms with van der Waals surface area (Å²) in [6.45, 7) is 7.80. The number of ether oxygens (including phenoxy) is 1. The molecule has 1 rings (SSSR count). The van der Waals surface area contributed by atoms with Crippen LogP contribution >= 0.6 is 0 Å². The molecule has 0 aliphatic heterocycles. The van der Waals surface area contributed by atoms with E-state index in [2.05, 4.69) is 5.32 Å². The maximum Gasteiger partial charge on any atom is 0.258 e. The lowest BCUT2D eigenvalue weighted by molar-refractivity contribution is -0.124. The van der Waals surface area contributed by atoms with E-state index in [-0.39, 0.29) is 25.2 Å². The fourth-order valence-corrected chi connectivity index (χ4v) is 2.08. The second-order valence-electron chi connectivity index (χ2n) is 4.87. The molecule has 0 aliphatic carbocycles. The van der Waals surface area contributed by atoms with Crippen molar-refractivity contribution >= 4 is 5.91 Å². The minimum Gasteiger partial charge on any atom is -0.483 e. The number of benzene rings is 1. The summed E-state index contributed by atoms with van der Waals surface area (Å²) >= 11 is 0. The molecule has 0 radical (unpaired) electrons. The van der Waals surface area contributed by atoms with Crippen molar-refractivity contribution in [1.82, 2.24) is 5.32 Å². The zero-order valence-corrected chi connectivity index (χ0v) is 12.1. The van der Waals surface area contributed by atoms with Crippen molar-refractivity contribution in [2.45, 2.75) is 40.2 Å². The Morgan fingerprint density at radius 2 is 1.89 bits per heavy atom. The van der Waals surface area contributed by atoms with Gasteiger partial charge in [-0.2, -0.15) is 0 Å². The number of aryl methyl sites for hydroxylation is 3. The van der Waals surface area contributed by atoms with Crippen LogP contribution in [0.3, 0.4) is 0 Å². The lowest BCUT2D eigenvalue weighted by Crippen LogP contribution is -2.39. The fourth-order valence-electron chi connectivity index (χ4n) is 2.08. The Balaban J connectivity index is 2.60. The number of hydrogen-bond acceptors (Lipinski definition) is 3. The predicted octanol–water partition coefficient (Wildman–Crippen LogP) is 1.88. The molecule has 0 fully saturated rings. The van der Waals surface area contributed by atoms with Crippen LogP contribution in [0, 0.1) is 20.8 Å². The molecule has 4 nitrogen and oxygen atoms in total. The summed E-state index contributed by atoms with van der Waals surface area (Å²) in [6.07, 6.45) is 0.699. The second kappa shape index (κ2) is 7.14. The van der Waals surface area contributed by atoms with Gasteiger partial charge >= 0.3 is 0 Å². The maximum atomic E-state index is 11.7.